The molecule has 94 valence electrons. The third-order valence-electron chi connectivity index (χ3n) is 3.72. The fraction of sp³-hybridized carbons (Fsp3) is 0.571. The lowest BCUT2D eigenvalue weighted by atomic mass is 9.99. The Morgan fingerprint density at radius 2 is 2.12 bits per heavy atom. The SMILES string of the molecule is CC(NCc1ccc(Br)c(Cl)c1)C1CCCC1. The maximum atomic E-state index is 6.08. The van der Waals surface area contributed by atoms with Gasteiger partial charge in [0.2, 0.25) is 0 Å². The second-order valence-corrected chi connectivity index (χ2v) is 6.22. The molecule has 1 atom stereocenters. The third kappa shape index (κ3) is 3.70. The zero-order chi connectivity index (χ0) is 12.3. The van der Waals surface area contributed by atoms with Crippen molar-refractivity contribution in [1.29, 1.82) is 0 Å². The van der Waals surface area contributed by atoms with Gasteiger partial charge in [0.15, 0.2) is 0 Å². The van der Waals surface area contributed by atoms with Crippen LogP contribution in [0, 0.1) is 5.92 Å². The van der Waals surface area contributed by atoms with Gasteiger partial charge in [0.1, 0.15) is 0 Å². The summed E-state index contributed by atoms with van der Waals surface area (Å²) in [5, 5.41) is 4.40. The molecule has 1 unspecified atom stereocenters. The summed E-state index contributed by atoms with van der Waals surface area (Å²) in [4.78, 5) is 0. The standard InChI is InChI=1S/C14H19BrClN/c1-10(12-4-2-3-5-12)17-9-11-6-7-13(15)14(16)8-11/h6-8,10,12,17H,2-5,9H2,1H3. The first-order valence-electron chi connectivity index (χ1n) is 6.34. The Labute approximate surface area is 117 Å². The van der Waals surface area contributed by atoms with Gasteiger partial charge >= 0.3 is 0 Å². The normalized spacial score (nSPS) is 18.5. The van der Waals surface area contributed by atoms with Crippen molar-refractivity contribution in [2.75, 3.05) is 0 Å². The second kappa shape index (κ2) is 6.21. The summed E-state index contributed by atoms with van der Waals surface area (Å²) < 4.78 is 0.965. The van der Waals surface area contributed by atoms with E-state index in [0.29, 0.717) is 6.04 Å². The van der Waals surface area contributed by atoms with E-state index in [1.54, 1.807) is 0 Å². The average molecular weight is 317 g/mol. The molecule has 0 amide bonds. The topological polar surface area (TPSA) is 12.0 Å². The maximum absolute atomic E-state index is 6.08. The highest BCUT2D eigenvalue weighted by molar-refractivity contribution is 9.10. The van der Waals surface area contributed by atoms with E-state index in [0.717, 1.165) is 22.0 Å². The lowest BCUT2D eigenvalue weighted by molar-refractivity contribution is 0.380. The van der Waals surface area contributed by atoms with E-state index in [4.69, 9.17) is 11.6 Å². The molecule has 3 heteroatoms. The molecule has 0 heterocycles. The Balaban J connectivity index is 1.86. The molecule has 0 aromatic heterocycles. The molecule has 1 saturated carbocycles. The van der Waals surface area contributed by atoms with Crippen LogP contribution in [0.25, 0.3) is 0 Å². The summed E-state index contributed by atoms with van der Waals surface area (Å²) in [6.45, 7) is 3.21. The summed E-state index contributed by atoms with van der Waals surface area (Å²) in [5.74, 6) is 0.862. The van der Waals surface area contributed by atoms with Crippen molar-refractivity contribution in [3.05, 3.63) is 33.3 Å². The maximum Gasteiger partial charge on any atom is 0.0551 e. The zero-order valence-electron chi connectivity index (χ0n) is 10.2. The Kier molecular flexibility index (Phi) is 4.89. The summed E-state index contributed by atoms with van der Waals surface area (Å²) in [7, 11) is 0. The van der Waals surface area contributed by atoms with Crippen molar-refractivity contribution in [2.45, 2.75) is 45.2 Å². The summed E-state index contributed by atoms with van der Waals surface area (Å²) >= 11 is 9.49. The highest BCUT2D eigenvalue weighted by Crippen LogP contribution is 2.28. The van der Waals surface area contributed by atoms with Gasteiger partial charge in [-0.2, -0.15) is 0 Å². The Bertz CT molecular complexity index is 374. The number of halogens is 2. The van der Waals surface area contributed by atoms with Crippen molar-refractivity contribution < 1.29 is 0 Å². The van der Waals surface area contributed by atoms with Crippen LogP contribution in [0.15, 0.2) is 22.7 Å². The van der Waals surface area contributed by atoms with Gasteiger partial charge in [0, 0.05) is 17.1 Å². The van der Waals surface area contributed by atoms with Gasteiger partial charge in [-0.3, -0.25) is 0 Å². The molecular weight excluding hydrogens is 298 g/mol. The highest BCUT2D eigenvalue weighted by atomic mass is 79.9. The van der Waals surface area contributed by atoms with E-state index in [1.807, 2.05) is 12.1 Å². The van der Waals surface area contributed by atoms with Crippen LogP contribution >= 0.6 is 27.5 Å². The second-order valence-electron chi connectivity index (χ2n) is 4.96. The molecule has 1 aliphatic carbocycles. The van der Waals surface area contributed by atoms with Crippen LogP contribution in [0.3, 0.4) is 0 Å². The average Bonchev–Trinajstić information content (AvgIpc) is 2.84. The predicted octanol–water partition coefficient (Wildman–Crippen LogP) is 4.77. The Morgan fingerprint density at radius 3 is 2.76 bits per heavy atom. The molecule has 17 heavy (non-hydrogen) atoms. The summed E-state index contributed by atoms with van der Waals surface area (Å²) in [6, 6.07) is 6.77. The largest absolute Gasteiger partial charge is 0.310 e. The van der Waals surface area contributed by atoms with Gasteiger partial charge in [0.25, 0.3) is 0 Å². The van der Waals surface area contributed by atoms with Gasteiger partial charge in [-0.25, -0.2) is 0 Å². The molecule has 1 aliphatic rings. The minimum atomic E-state index is 0.611. The van der Waals surface area contributed by atoms with Crippen LogP contribution in [0.5, 0.6) is 0 Å². The van der Waals surface area contributed by atoms with Crippen LogP contribution in [0.2, 0.25) is 5.02 Å². The fourth-order valence-corrected chi connectivity index (χ4v) is 3.00. The highest BCUT2D eigenvalue weighted by Gasteiger charge is 2.20. The van der Waals surface area contributed by atoms with Crippen LogP contribution in [0.1, 0.15) is 38.2 Å². The van der Waals surface area contributed by atoms with Crippen molar-refractivity contribution in [3.63, 3.8) is 0 Å². The number of rotatable bonds is 4. The first-order chi connectivity index (χ1) is 8.16. The number of hydrogen-bond acceptors (Lipinski definition) is 1. The van der Waals surface area contributed by atoms with E-state index < -0.39 is 0 Å². The Morgan fingerprint density at radius 1 is 1.41 bits per heavy atom. The minimum absolute atomic E-state index is 0.611. The van der Waals surface area contributed by atoms with E-state index in [9.17, 15) is 0 Å². The van der Waals surface area contributed by atoms with Crippen LogP contribution < -0.4 is 5.32 Å². The number of nitrogens with one attached hydrogen (secondary N) is 1. The van der Waals surface area contributed by atoms with Crippen molar-refractivity contribution >= 4 is 27.5 Å². The molecule has 1 aromatic rings. The first-order valence-corrected chi connectivity index (χ1v) is 7.51. The summed E-state index contributed by atoms with van der Waals surface area (Å²) in [5.41, 5.74) is 1.25. The van der Waals surface area contributed by atoms with Gasteiger partial charge in [-0.05, 0) is 59.3 Å². The number of benzene rings is 1. The van der Waals surface area contributed by atoms with Crippen molar-refractivity contribution in [3.8, 4) is 0 Å². The fourth-order valence-electron chi connectivity index (χ4n) is 2.55. The first kappa shape index (κ1) is 13.4. The van der Waals surface area contributed by atoms with Crippen LogP contribution in [-0.2, 0) is 6.54 Å². The molecule has 0 aliphatic heterocycles. The molecule has 0 spiro atoms. The molecular formula is C14H19BrClN. The van der Waals surface area contributed by atoms with Crippen molar-refractivity contribution in [2.24, 2.45) is 5.92 Å². The lowest BCUT2D eigenvalue weighted by Gasteiger charge is -2.20. The molecule has 0 radical (unpaired) electrons. The molecule has 1 nitrogen and oxygen atoms in total. The quantitative estimate of drug-likeness (QED) is 0.843. The van der Waals surface area contributed by atoms with E-state index in [-0.39, 0.29) is 0 Å². The van der Waals surface area contributed by atoms with Crippen LogP contribution in [0.4, 0.5) is 0 Å². The number of hydrogen-bond donors (Lipinski definition) is 1. The van der Waals surface area contributed by atoms with Crippen molar-refractivity contribution in [1.82, 2.24) is 5.32 Å². The van der Waals surface area contributed by atoms with E-state index in [2.05, 4.69) is 34.2 Å². The molecule has 1 fully saturated rings. The molecule has 1 N–H and O–H groups in total. The molecule has 0 bridgehead atoms. The molecule has 0 saturated heterocycles. The smallest absolute Gasteiger partial charge is 0.0551 e. The third-order valence-corrected chi connectivity index (χ3v) is 4.95. The van der Waals surface area contributed by atoms with Gasteiger partial charge in [-0.15, -0.1) is 0 Å². The van der Waals surface area contributed by atoms with Gasteiger partial charge in [0.05, 0.1) is 5.02 Å². The lowest BCUT2D eigenvalue weighted by Crippen LogP contribution is -2.31. The van der Waals surface area contributed by atoms with Gasteiger partial charge < -0.3 is 5.32 Å². The summed E-state index contributed by atoms with van der Waals surface area (Å²) in [6.07, 6.45) is 5.58. The molecule has 1 aromatic carbocycles. The van der Waals surface area contributed by atoms with Crippen LogP contribution in [-0.4, -0.2) is 6.04 Å². The predicted molar refractivity (Wildman–Crippen MR) is 77.4 cm³/mol. The van der Waals surface area contributed by atoms with E-state index >= 15 is 0 Å². The van der Waals surface area contributed by atoms with Gasteiger partial charge in [-0.1, -0.05) is 30.5 Å². The van der Waals surface area contributed by atoms with E-state index in [1.165, 1.54) is 31.2 Å². The minimum Gasteiger partial charge on any atom is -0.310 e. The zero-order valence-corrected chi connectivity index (χ0v) is 12.5. The Hall–Kier alpha value is -0.0500. The monoisotopic (exact) mass is 315 g/mol. The molecule has 2 rings (SSSR count).